The highest BCUT2D eigenvalue weighted by Crippen LogP contribution is 2.33. The number of halogens is 3. The number of alkyl halides is 3. The number of imidazole rings is 1. The Morgan fingerprint density at radius 3 is 2.25 bits per heavy atom. The first-order valence-corrected chi connectivity index (χ1v) is 13.9. The first kappa shape index (κ1) is 27.7. The molecule has 19 heteroatoms. The molecule has 0 saturated carbocycles. The summed E-state index contributed by atoms with van der Waals surface area (Å²) in [7, 11) is -3.45. The molecule has 5 rings (SSSR count). The Morgan fingerprint density at radius 2 is 1.68 bits per heavy atom. The fourth-order valence-corrected chi connectivity index (χ4v) is 5.32. The van der Waals surface area contributed by atoms with E-state index in [1.807, 2.05) is 10.2 Å². The summed E-state index contributed by atoms with van der Waals surface area (Å²) in [5.41, 5.74) is 0.327. The second kappa shape index (κ2) is 10.6. The molecule has 216 valence electrons. The van der Waals surface area contributed by atoms with Crippen LogP contribution in [0.4, 0.5) is 35.7 Å². The van der Waals surface area contributed by atoms with Gasteiger partial charge in [-0.25, -0.2) is 38.1 Å². The molecule has 40 heavy (non-hydrogen) atoms. The molecular weight excluding hydrogens is 561 g/mol. The minimum absolute atomic E-state index is 0.00121. The van der Waals surface area contributed by atoms with Gasteiger partial charge in [0.15, 0.2) is 22.8 Å². The van der Waals surface area contributed by atoms with E-state index in [-0.39, 0.29) is 60.6 Å². The third-order valence-corrected chi connectivity index (χ3v) is 7.63. The molecule has 0 spiro atoms. The minimum atomic E-state index is -4.62. The molecule has 2 saturated heterocycles. The van der Waals surface area contributed by atoms with Crippen molar-refractivity contribution in [1.29, 1.82) is 0 Å². The summed E-state index contributed by atoms with van der Waals surface area (Å²) in [5.74, 6) is 0.127. The molecule has 0 aromatic carbocycles. The van der Waals surface area contributed by atoms with Crippen molar-refractivity contribution in [3.05, 3.63) is 12.4 Å². The zero-order valence-electron chi connectivity index (χ0n) is 21.2. The van der Waals surface area contributed by atoms with Crippen molar-refractivity contribution >= 4 is 45.0 Å². The molecule has 3 aromatic rings. The van der Waals surface area contributed by atoms with E-state index in [1.165, 1.54) is 16.7 Å². The molecule has 0 radical (unpaired) electrons. The van der Waals surface area contributed by atoms with E-state index in [0.717, 1.165) is 10.8 Å². The lowest BCUT2D eigenvalue weighted by atomic mass is 10.3. The Morgan fingerprint density at radius 1 is 1.02 bits per heavy atom. The number of ether oxygens (including phenoxy) is 1. The number of sulfonamides is 1. The van der Waals surface area contributed by atoms with Crippen LogP contribution < -0.4 is 15.1 Å². The molecule has 2 aliphatic rings. The summed E-state index contributed by atoms with van der Waals surface area (Å²) in [6.07, 6.45) is -2.37. The van der Waals surface area contributed by atoms with Crippen LogP contribution in [-0.4, -0.2) is 118 Å². The van der Waals surface area contributed by atoms with Crippen LogP contribution in [-0.2, 0) is 21.3 Å². The largest absolute Gasteiger partial charge is 0.465 e. The van der Waals surface area contributed by atoms with Crippen LogP contribution in [0.3, 0.4) is 0 Å². The SMILES string of the molecule is CS(=O)(=O)N1CCN(c2nc3c(N4CCOCC4)nc(-c4cnc(NC(=O)O)nc4)nc3n2CC(F)(F)F)CC1. The first-order valence-electron chi connectivity index (χ1n) is 12.1. The molecule has 0 atom stereocenters. The van der Waals surface area contributed by atoms with E-state index in [0.29, 0.717) is 32.1 Å². The lowest BCUT2D eigenvalue weighted by Crippen LogP contribution is -2.49. The number of carbonyl (C=O) groups is 1. The summed E-state index contributed by atoms with van der Waals surface area (Å²) in [6.45, 7) is 0.648. The van der Waals surface area contributed by atoms with Crippen LogP contribution in [0.2, 0.25) is 0 Å². The Bertz CT molecular complexity index is 1500. The van der Waals surface area contributed by atoms with Crippen molar-refractivity contribution in [3.8, 4) is 11.4 Å². The van der Waals surface area contributed by atoms with Crippen molar-refractivity contribution in [2.45, 2.75) is 12.7 Å². The van der Waals surface area contributed by atoms with Gasteiger partial charge in [0.1, 0.15) is 6.54 Å². The molecule has 5 heterocycles. The van der Waals surface area contributed by atoms with Gasteiger partial charge in [0, 0.05) is 51.7 Å². The predicted molar refractivity (Wildman–Crippen MR) is 136 cm³/mol. The topological polar surface area (TPSA) is 172 Å². The van der Waals surface area contributed by atoms with Gasteiger partial charge in [-0.15, -0.1) is 0 Å². The number of hydrogen-bond acceptors (Lipinski definition) is 11. The molecule has 2 fully saturated rings. The number of nitrogens with one attached hydrogen (secondary N) is 1. The molecule has 0 aliphatic carbocycles. The summed E-state index contributed by atoms with van der Waals surface area (Å²) in [6, 6.07) is 0. The predicted octanol–water partition coefficient (Wildman–Crippen LogP) is 0.854. The van der Waals surface area contributed by atoms with E-state index in [9.17, 15) is 26.4 Å². The Labute approximate surface area is 225 Å². The Hall–Kier alpha value is -3.84. The van der Waals surface area contributed by atoms with Crippen LogP contribution in [0.1, 0.15) is 0 Å². The van der Waals surface area contributed by atoms with Gasteiger partial charge in [-0.2, -0.15) is 17.5 Å². The molecule has 3 aromatic heterocycles. The van der Waals surface area contributed by atoms with Crippen molar-refractivity contribution < 1.29 is 36.2 Å². The third-order valence-electron chi connectivity index (χ3n) is 6.32. The zero-order valence-corrected chi connectivity index (χ0v) is 22.0. The monoisotopic (exact) mass is 586 g/mol. The maximum absolute atomic E-state index is 13.8. The van der Waals surface area contributed by atoms with Crippen LogP contribution >= 0.6 is 0 Å². The van der Waals surface area contributed by atoms with Gasteiger partial charge in [0.05, 0.1) is 25.0 Å². The second-order valence-corrected chi connectivity index (χ2v) is 11.1. The molecule has 15 nitrogen and oxygen atoms in total. The fourth-order valence-electron chi connectivity index (χ4n) is 4.49. The van der Waals surface area contributed by atoms with E-state index in [2.05, 4.69) is 24.9 Å². The average molecular weight is 587 g/mol. The first-order chi connectivity index (χ1) is 18.9. The maximum Gasteiger partial charge on any atom is 0.411 e. The standard InChI is InChI=1S/C21H25F3N10O5S/c1-40(37,38)33-4-2-32(3-5-33)19-27-14-16(31-6-8-39-9-7-31)28-15(29-17(14)34(19)12-21(22,23)24)13-10-25-18(26-11-13)30-20(35)36/h10-11H,2-9,12H2,1H3,(H,35,36)(H,25,26,30). The Kier molecular flexibility index (Phi) is 7.36. The number of rotatable bonds is 6. The number of fused-ring (bicyclic) bond motifs is 1. The highest BCUT2D eigenvalue weighted by Gasteiger charge is 2.35. The molecular formula is C21H25F3N10O5S. The van der Waals surface area contributed by atoms with Crippen LogP contribution in [0.25, 0.3) is 22.6 Å². The van der Waals surface area contributed by atoms with Gasteiger partial charge in [-0.1, -0.05) is 0 Å². The fraction of sp³-hybridized carbons (Fsp3) is 0.524. The van der Waals surface area contributed by atoms with Gasteiger partial charge >= 0.3 is 12.3 Å². The van der Waals surface area contributed by atoms with E-state index in [1.54, 1.807) is 4.90 Å². The maximum atomic E-state index is 13.8. The van der Waals surface area contributed by atoms with Crippen molar-refractivity contribution in [1.82, 2.24) is 33.8 Å². The molecule has 1 amide bonds. The van der Waals surface area contributed by atoms with Crippen LogP contribution in [0, 0.1) is 0 Å². The molecule has 0 bridgehead atoms. The van der Waals surface area contributed by atoms with Crippen molar-refractivity contribution in [2.75, 3.05) is 73.9 Å². The number of morpholine rings is 1. The lowest BCUT2D eigenvalue weighted by Gasteiger charge is -2.34. The zero-order chi connectivity index (χ0) is 28.7. The van der Waals surface area contributed by atoms with Crippen LogP contribution in [0.15, 0.2) is 12.4 Å². The number of anilines is 3. The highest BCUT2D eigenvalue weighted by molar-refractivity contribution is 7.88. The number of aromatic nitrogens is 6. The molecule has 2 N–H and O–H groups in total. The number of amides is 1. The summed E-state index contributed by atoms with van der Waals surface area (Å²) < 4.78 is 73.1. The van der Waals surface area contributed by atoms with Gasteiger partial charge in [0.2, 0.25) is 21.9 Å². The van der Waals surface area contributed by atoms with Crippen molar-refractivity contribution in [3.63, 3.8) is 0 Å². The van der Waals surface area contributed by atoms with Crippen molar-refractivity contribution in [2.24, 2.45) is 0 Å². The summed E-state index contributed by atoms with van der Waals surface area (Å²) in [5, 5.41) is 10.9. The summed E-state index contributed by atoms with van der Waals surface area (Å²) >= 11 is 0. The van der Waals surface area contributed by atoms with Gasteiger partial charge in [-0.05, 0) is 0 Å². The van der Waals surface area contributed by atoms with E-state index in [4.69, 9.17) is 9.84 Å². The van der Waals surface area contributed by atoms with Gasteiger partial charge < -0.3 is 19.6 Å². The summed E-state index contributed by atoms with van der Waals surface area (Å²) in [4.78, 5) is 35.8. The third kappa shape index (κ3) is 5.99. The molecule has 0 unspecified atom stereocenters. The van der Waals surface area contributed by atoms with E-state index < -0.39 is 28.8 Å². The molecule has 2 aliphatic heterocycles. The van der Waals surface area contributed by atoms with E-state index >= 15 is 0 Å². The smallest absolute Gasteiger partial charge is 0.411 e. The number of carboxylic acid groups (broad SMARTS) is 1. The minimum Gasteiger partial charge on any atom is -0.465 e. The number of hydrogen-bond donors (Lipinski definition) is 2. The highest BCUT2D eigenvalue weighted by atomic mass is 32.2. The second-order valence-electron chi connectivity index (χ2n) is 9.13. The average Bonchev–Trinajstić information content (AvgIpc) is 3.25. The van der Waals surface area contributed by atoms with Gasteiger partial charge in [-0.3, -0.25) is 9.88 Å². The Balaban J connectivity index is 1.63. The number of nitrogens with zero attached hydrogens (tertiary/aromatic N) is 9. The van der Waals surface area contributed by atoms with Crippen LogP contribution in [0.5, 0.6) is 0 Å². The quantitative estimate of drug-likeness (QED) is 0.418. The number of piperazine rings is 1. The normalized spacial score (nSPS) is 17.4. The lowest BCUT2D eigenvalue weighted by molar-refractivity contribution is -0.139. The van der Waals surface area contributed by atoms with Gasteiger partial charge in [0.25, 0.3) is 0 Å².